The Morgan fingerprint density at radius 1 is 1.12 bits per heavy atom. The van der Waals surface area contributed by atoms with E-state index in [0.717, 1.165) is 27.7 Å². The third-order valence-electron chi connectivity index (χ3n) is 4.81. The maximum absolute atomic E-state index is 15.0. The van der Waals surface area contributed by atoms with E-state index in [9.17, 15) is 22.4 Å². The van der Waals surface area contributed by atoms with Crippen LogP contribution in [-0.2, 0) is 10.0 Å². The second-order valence-corrected chi connectivity index (χ2v) is 10.7. The van der Waals surface area contributed by atoms with E-state index < -0.39 is 27.4 Å². The van der Waals surface area contributed by atoms with E-state index in [1.807, 2.05) is 4.72 Å². The minimum atomic E-state index is -4.14. The number of carbonyl (C=O) groups excluding carboxylic acids is 1. The molecule has 4 aromatic rings. The average Bonchev–Trinajstić information content (AvgIpc) is 3.21. The van der Waals surface area contributed by atoms with E-state index >= 15 is 0 Å². The molecule has 0 bridgehead atoms. The van der Waals surface area contributed by atoms with Crippen LogP contribution in [-0.4, -0.2) is 31.0 Å². The molecule has 176 valence electrons. The predicted octanol–water partition coefficient (Wildman–Crippen LogP) is 4.10. The van der Waals surface area contributed by atoms with Crippen LogP contribution in [0.25, 0.3) is 16.6 Å². The molecule has 34 heavy (non-hydrogen) atoms. The Hall–Kier alpha value is -3.48. The number of aryl methyl sites for hydroxylation is 1. The van der Waals surface area contributed by atoms with Crippen LogP contribution in [0.5, 0.6) is 0 Å². The zero-order valence-electron chi connectivity index (χ0n) is 17.7. The maximum atomic E-state index is 15.0. The lowest BCUT2D eigenvalue weighted by molar-refractivity contribution is 0.256. The summed E-state index contributed by atoms with van der Waals surface area (Å²) in [6, 6.07) is 10.2. The summed E-state index contributed by atoms with van der Waals surface area (Å²) in [5.41, 5.74) is 0.704. The zero-order chi connectivity index (χ0) is 24.6. The van der Waals surface area contributed by atoms with Gasteiger partial charge in [0.2, 0.25) is 0 Å². The van der Waals surface area contributed by atoms with Gasteiger partial charge in [0.1, 0.15) is 15.9 Å². The molecule has 0 radical (unpaired) electrons. The van der Waals surface area contributed by atoms with Crippen LogP contribution in [0, 0.1) is 12.7 Å². The molecule has 0 unspecified atom stereocenters. The van der Waals surface area contributed by atoms with E-state index in [-0.39, 0.29) is 25.7 Å². The zero-order valence-corrected chi connectivity index (χ0v) is 20.1. The normalized spacial score (nSPS) is 11.4. The van der Waals surface area contributed by atoms with E-state index in [1.54, 1.807) is 32.2 Å². The van der Waals surface area contributed by atoms with Crippen LogP contribution in [0.3, 0.4) is 0 Å². The Bertz CT molecular complexity index is 1600. The first-order chi connectivity index (χ1) is 16.1. The number of amides is 2. The number of carbonyl (C=O) groups is 1. The van der Waals surface area contributed by atoms with Gasteiger partial charge in [-0.25, -0.2) is 27.3 Å². The highest BCUT2D eigenvalue weighted by Gasteiger charge is 2.20. The monoisotopic (exact) mass is 521 g/mol. The molecule has 0 atom stereocenters. The van der Waals surface area contributed by atoms with Crippen LogP contribution in [0.2, 0.25) is 4.34 Å². The molecule has 0 fully saturated rings. The van der Waals surface area contributed by atoms with Crippen LogP contribution in [0.15, 0.2) is 57.5 Å². The number of sulfonamides is 1. The van der Waals surface area contributed by atoms with E-state index in [1.165, 1.54) is 24.3 Å². The van der Waals surface area contributed by atoms with Crippen LogP contribution < -0.4 is 20.9 Å². The largest absolute Gasteiger partial charge is 0.388 e. The average molecular weight is 522 g/mol. The van der Waals surface area contributed by atoms with E-state index in [4.69, 9.17) is 11.6 Å². The standard InChI is InChI=1S/C21H17ClFN5O4S2/c1-11-25-16-10-12(24-2)3-5-14(16)20(29)28(11)17-6-4-13(9-15(17)23)26-21(30)27-34(31,32)19-8-7-18(22)33-19/h3-10,24H,1-2H3,(H2,26,27,30). The van der Waals surface area contributed by atoms with Crippen molar-refractivity contribution in [1.29, 1.82) is 0 Å². The van der Waals surface area contributed by atoms with E-state index in [0.29, 0.717) is 10.9 Å². The second-order valence-electron chi connectivity index (χ2n) is 7.07. The number of anilines is 2. The molecular formula is C21H17ClFN5O4S2. The summed E-state index contributed by atoms with van der Waals surface area (Å²) in [6.45, 7) is 1.58. The molecule has 4 rings (SSSR count). The van der Waals surface area contributed by atoms with Crippen molar-refractivity contribution in [3.05, 3.63) is 74.9 Å². The summed E-state index contributed by atoms with van der Waals surface area (Å²) >= 11 is 6.52. The van der Waals surface area contributed by atoms with Gasteiger partial charge >= 0.3 is 6.03 Å². The van der Waals surface area contributed by atoms with Crippen molar-refractivity contribution >= 4 is 61.3 Å². The molecule has 9 nitrogen and oxygen atoms in total. The van der Waals surface area contributed by atoms with Gasteiger partial charge in [-0.05, 0) is 55.5 Å². The molecule has 13 heteroatoms. The van der Waals surface area contributed by atoms with Gasteiger partial charge < -0.3 is 10.6 Å². The van der Waals surface area contributed by atoms with Crippen molar-refractivity contribution < 1.29 is 17.6 Å². The third-order valence-corrected chi connectivity index (χ3v) is 7.87. The first-order valence-electron chi connectivity index (χ1n) is 9.69. The van der Waals surface area contributed by atoms with Gasteiger partial charge in [0.25, 0.3) is 15.6 Å². The number of aromatic nitrogens is 2. The third kappa shape index (κ3) is 4.60. The van der Waals surface area contributed by atoms with Crippen molar-refractivity contribution in [2.24, 2.45) is 0 Å². The van der Waals surface area contributed by atoms with Crippen molar-refractivity contribution in [3.8, 4) is 5.69 Å². The molecule has 2 aromatic heterocycles. The van der Waals surface area contributed by atoms with E-state index in [2.05, 4.69) is 15.6 Å². The quantitative estimate of drug-likeness (QED) is 0.363. The summed E-state index contributed by atoms with van der Waals surface area (Å²) in [5, 5.41) is 5.54. The highest BCUT2D eigenvalue weighted by Crippen LogP contribution is 2.25. The molecule has 2 aromatic carbocycles. The fourth-order valence-corrected chi connectivity index (χ4v) is 5.66. The number of thiophene rings is 1. The molecule has 0 saturated heterocycles. The van der Waals surface area contributed by atoms with Gasteiger partial charge in [-0.2, -0.15) is 0 Å². The topological polar surface area (TPSA) is 122 Å². The predicted molar refractivity (Wildman–Crippen MR) is 130 cm³/mol. The summed E-state index contributed by atoms with van der Waals surface area (Å²) in [7, 11) is -2.39. The van der Waals surface area contributed by atoms with Gasteiger partial charge in [0.05, 0.1) is 20.9 Å². The Balaban J connectivity index is 1.61. The van der Waals surface area contributed by atoms with Gasteiger partial charge in [0, 0.05) is 18.4 Å². The molecule has 2 amide bonds. The second kappa shape index (κ2) is 9.05. The first kappa shape index (κ1) is 23.7. The van der Waals surface area contributed by atoms with Crippen molar-refractivity contribution in [2.45, 2.75) is 11.1 Å². The van der Waals surface area contributed by atoms with Gasteiger partial charge in [-0.3, -0.25) is 9.36 Å². The molecule has 3 N–H and O–H groups in total. The number of nitrogens with one attached hydrogen (secondary N) is 3. The number of urea groups is 1. The number of benzene rings is 2. The Morgan fingerprint density at radius 2 is 1.85 bits per heavy atom. The van der Waals surface area contributed by atoms with Crippen LogP contribution >= 0.6 is 22.9 Å². The molecule has 2 heterocycles. The molecule has 0 saturated carbocycles. The number of nitrogens with zero attached hydrogens (tertiary/aromatic N) is 2. The van der Waals surface area contributed by atoms with Crippen LogP contribution in [0.1, 0.15) is 5.82 Å². The Morgan fingerprint density at radius 3 is 2.50 bits per heavy atom. The molecule has 0 spiro atoms. The molecular weight excluding hydrogens is 505 g/mol. The Labute approximate surface area is 202 Å². The van der Waals surface area contributed by atoms with Gasteiger partial charge in [-0.1, -0.05) is 11.6 Å². The minimum absolute atomic E-state index is 0.0173. The highest BCUT2D eigenvalue weighted by molar-refractivity contribution is 7.92. The summed E-state index contributed by atoms with van der Waals surface area (Å²) in [5.74, 6) is -0.548. The maximum Gasteiger partial charge on any atom is 0.333 e. The van der Waals surface area contributed by atoms with Crippen molar-refractivity contribution in [2.75, 3.05) is 17.7 Å². The number of hydrogen-bond donors (Lipinski definition) is 3. The van der Waals surface area contributed by atoms with Gasteiger partial charge in [-0.15, -0.1) is 11.3 Å². The number of fused-ring (bicyclic) bond motifs is 1. The Kier molecular flexibility index (Phi) is 6.30. The van der Waals surface area contributed by atoms with Crippen LogP contribution in [0.4, 0.5) is 20.6 Å². The molecule has 0 aliphatic rings. The van der Waals surface area contributed by atoms with Crippen molar-refractivity contribution in [3.63, 3.8) is 0 Å². The first-order valence-corrected chi connectivity index (χ1v) is 12.4. The number of rotatable bonds is 5. The number of hydrogen-bond acceptors (Lipinski definition) is 7. The molecule has 0 aliphatic heterocycles. The van der Waals surface area contributed by atoms with Crippen molar-refractivity contribution in [1.82, 2.24) is 14.3 Å². The SMILES string of the molecule is CNc1ccc2c(=O)n(-c3ccc(NC(=O)NS(=O)(=O)c4ccc(Cl)s4)cc3F)c(C)nc2c1. The molecule has 0 aliphatic carbocycles. The highest BCUT2D eigenvalue weighted by atomic mass is 35.5. The minimum Gasteiger partial charge on any atom is -0.388 e. The summed E-state index contributed by atoms with van der Waals surface area (Å²) in [6.07, 6.45) is 0. The summed E-state index contributed by atoms with van der Waals surface area (Å²) < 4.78 is 42.5. The number of halogens is 2. The lowest BCUT2D eigenvalue weighted by Gasteiger charge is -2.14. The summed E-state index contributed by atoms with van der Waals surface area (Å²) in [4.78, 5) is 29.6. The fraction of sp³-hybridized carbons (Fsp3) is 0.0952. The fourth-order valence-electron chi connectivity index (χ4n) is 3.27. The lowest BCUT2D eigenvalue weighted by atomic mass is 10.2. The lowest BCUT2D eigenvalue weighted by Crippen LogP contribution is -2.34. The smallest absolute Gasteiger partial charge is 0.333 e. The van der Waals surface area contributed by atoms with Gasteiger partial charge in [0.15, 0.2) is 0 Å².